The van der Waals surface area contributed by atoms with E-state index < -0.39 is 10.1 Å². The molecule has 124 valence electrons. The Balaban J connectivity index is 0. The van der Waals surface area contributed by atoms with Gasteiger partial charge in [0.1, 0.15) is 0 Å². The van der Waals surface area contributed by atoms with Crippen molar-refractivity contribution >= 4 is 10.1 Å². The van der Waals surface area contributed by atoms with E-state index in [1.54, 1.807) is 0 Å². The minimum atomic E-state index is -4.01. The van der Waals surface area contributed by atoms with Gasteiger partial charge in [-0.2, -0.15) is 0 Å². The maximum atomic E-state index is 10.1. The molecule has 0 bridgehead atoms. The van der Waals surface area contributed by atoms with Crippen LogP contribution in [-0.4, -0.2) is 62.0 Å². The van der Waals surface area contributed by atoms with Gasteiger partial charge < -0.3 is 14.4 Å². The Hall–Kier alpha value is -0.170. The van der Waals surface area contributed by atoms with Crippen molar-refractivity contribution in [2.75, 3.05) is 38.5 Å². The van der Waals surface area contributed by atoms with Crippen molar-refractivity contribution in [2.24, 2.45) is 0 Å². The van der Waals surface area contributed by atoms with Crippen LogP contribution >= 0.6 is 0 Å². The van der Waals surface area contributed by atoms with E-state index in [-0.39, 0.29) is 5.75 Å². The molecule has 0 aromatic rings. The maximum Gasteiger partial charge on any atom is 0.0946 e. The fourth-order valence-corrected chi connectivity index (χ4v) is 2.48. The van der Waals surface area contributed by atoms with Gasteiger partial charge in [-0.1, -0.05) is 13.8 Å². The fourth-order valence-electron chi connectivity index (χ4n) is 1.98. The molecule has 0 aromatic carbocycles. The summed E-state index contributed by atoms with van der Waals surface area (Å²) in [7, 11) is -4.01. The van der Waals surface area contributed by atoms with Gasteiger partial charge in [0, 0.05) is 11.8 Å². The van der Waals surface area contributed by atoms with Gasteiger partial charge in [0.15, 0.2) is 0 Å². The van der Waals surface area contributed by atoms with Crippen LogP contribution in [0.25, 0.3) is 0 Å². The molecule has 20 heavy (non-hydrogen) atoms. The summed E-state index contributed by atoms with van der Waals surface area (Å²) in [6.07, 6.45) is 0.393. The summed E-state index contributed by atoms with van der Waals surface area (Å²) in [5.74, 6) is -0.271. The number of hydrogen-bond acceptors (Lipinski definition) is 4. The Morgan fingerprint density at radius 3 is 1.60 bits per heavy atom. The lowest BCUT2D eigenvalue weighted by molar-refractivity contribution is -0.921. The zero-order valence-electron chi connectivity index (χ0n) is 14.1. The van der Waals surface area contributed by atoms with Crippen LogP contribution in [0.2, 0.25) is 0 Å². The van der Waals surface area contributed by atoms with E-state index in [1.165, 1.54) is 30.7 Å². The molecular weight excluding hydrogens is 276 g/mol. The molecule has 6 heteroatoms. The van der Waals surface area contributed by atoms with Gasteiger partial charge in [-0.15, -0.1) is 0 Å². The highest BCUT2D eigenvalue weighted by Crippen LogP contribution is 2.03. The quantitative estimate of drug-likeness (QED) is 0.400. The summed E-state index contributed by atoms with van der Waals surface area (Å²) < 4.78 is 31.6. The third-order valence-electron chi connectivity index (χ3n) is 3.81. The van der Waals surface area contributed by atoms with Crippen LogP contribution in [0.4, 0.5) is 0 Å². The van der Waals surface area contributed by atoms with Gasteiger partial charge in [-0.3, -0.25) is 0 Å². The molecule has 0 aliphatic heterocycles. The van der Waals surface area contributed by atoms with Gasteiger partial charge >= 0.3 is 0 Å². The van der Waals surface area contributed by atoms with Crippen molar-refractivity contribution in [3.05, 3.63) is 0 Å². The molecule has 0 rings (SSSR count). The summed E-state index contributed by atoms with van der Waals surface area (Å²) in [6, 6.07) is 0.337. The van der Waals surface area contributed by atoms with E-state index in [4.69, 9.17) is 0 Å². The molecule has 0 aliphatic rings. The lowest BCUT2D eigenvalue weighted by Crippen LogP contribution is -2.47. The fraction of sp³-hybridized carbons (Fsp3) is 1.00. The second-order valence-electron chi connectivity index (χ2n) is 5.33. The highest BCUT2D eigenvalue weighted by atomic mass is 32.2. The second kappa shape index (κ2) is 11.5. The standard InChI is InChI=1S/C8H20N.C6H15NO3S/c1-5-9(6-2,7-3)8-4;1-6(2)7-4-3-5-11(8,9)10/h5-8H2,1-4H3;6-7H,3-5H2,1-2H3,(H,8,9,10)/q+1;/p-1. The third-order valence-corrected chi connectivity index (χ3v) is 4.60. The van der Waals surface area contributed by atoms with E-state index in [1.807, 2.05) is 13.8 Å². The first-order chi connectivity index (χ1) is 9.16. The molecule has 0 radical (unpaired) electrons. The van der Waals surface area contributed by atoms with Crippen LogP contribution in [0.15, 0.2) is 0 Å². The van der Waals surface area contributed by atoms with Crippen LogP contribution in [0.1, 0.15) is 48.0 Å². The first kappa shape index (κ1) is 22.1. The molecule has 5 nitrogen and oxygen atoms in total. The van der Waals surface area contributed by atoms with Gasteiger partial charge in [-0.25, -0.2) is 8.42 Å². The molecule has 0 amide bonds. The summed E-state index contributed by atoms with van der Waals surface area (Å²) >= 11 is 0. The zero-order valence-corrected chi connectivity index (χ0v) is 14.9. The monoisotopic (exact) mass is 310 g/mol. The smallest absolute Gasteiger partial charge is 0.0946 e. The highest BCUT2D eigenvalue weighted by molar-refractivity contribution is 7.85. The average Bonchev–Trinajstić information content (AvgIpc) is 2.38. The van der Waals surface area contributed by atoms with E-state index in [2.05, 4.69) is 33.0 Å². The number of rotatable bonds is 9. The summed E-state index contributed by atoms with van der Waals surface area (Å²) in [4.78, 5) is 0. The van der Waals surface area contributed by atoms with E-state index in [0.717, 1.165) is 0 Å². The van der Waals surface area contributed by atoms with E-state index in [0.29, 0.717) is 19.0 Å². The maximum absolute atomic E-state index is 10.1. The third kappa shape index (κ3) is 12.8. The van der Waals surface area contributed by atoms with Gasteiger partial charge in [0.2, 0.25) is 0 Å². The van der Waals surface area contributed by atoms with E-state index >= 15 is 0 Å². The molecule has 0 fully saturated rings. The predicted molar refractivity (Wildman–Crippen MR) is 84.7 cm³/mol. The lowest BCUT2D eigenvalue weighted by atomic mass is 10.3. The van der Waals surface area contributed by atoms with Crippen molar-refractivity contribution in [1.82, 2.24) is 5.32 Å². The van der Waals surface area contributed by atoms with Gasteiger partial charge in [0.25, 0.3) is 0 Å². The number of quaternary nitrogens is 1. The molecule has 0 saturated heterocycles. The minimum absolute atomic E-state index is 0.271. The van der Waals surface area contributed by atoms with Crippen LogP contribution in [-0.2, 0) is 10.1 Å². The molecule has 0 heterocycles. The lowest BCUT2D eigenvalue weighted by Gasteiger charge is -2.34. The van der Waals surface area contributed by atoms with Crippen LogP contribution in [0.5, 0.6) is 0 Å². The highest BCUT2D eigenvalue weighted by Gasteiger charge is 2.16. The Kier molecular flexibility index (Phi) is 12.7. The molecule has 0 aliphatic carbocycles. The molecular formula is C14H34N2O3S. The SMILES string of the molecule is CC(C)NCCCS(=O)(=O)[O-].CC[N+](CC)(CC)CC. The number of nitrogens with one attached hydrogen (secondary N) is 1. The Bertz CT molecular complexity index is 295. The topological polar surface area (TPSA) is 69.2 Å². The van der Waals surface area contributed by atoms with Crippen molar-refractivity contribution < 1.29 is 17.5 Å². The molecule has 0 aromatic heterocycles. The average molecular weight is 311 g/mol. The normalized spacial score (nSPS) is 12.2. The summed E-state index contributed by atoms with van der Waals surface area (Å²) in [6.45, 7) is 18.7. The van der Waals surface area contributed by atoms with E-state index in [9.17, 15) is 13.0 Å². The summed E-state index contributed by atoms with van der Waals surface area (Å²) in [5.41, 5.74) is 0. The number of nitrogens with zero attached hydrogens (tertiary/aromatic N) is 1. The first-order valence-corrected chi connectivity index (χ1v) is 9.26. The van der Waals surface area contributed by atoms with Crippen molar-refractivity contribution in [3.63, 3.8) is 0 Å². The molecule has 1 N–H and O–H groups in total. The Morgan fingerprint density at radius 2 is 1.40 bits per heavy atom. The zero-order chi connectivity index (χ0) is 16.2. The van der Waals surface area contributed by atoms with Gasteiger partial charge in [-0.05, 0) is 40.7 Å². The molecule has 0 unspecified atom stereocenters. The predicted octanol–water partition coefficient (Wildman–Crippen LogP) is 1.80. The van der Waals surface area contributed by atoms with Crippen LogP contribution in [0.3, 0.4) is 0 Å². The van der Waals surface area contributed by atoms with Gasteiger partial charge in [0.05, 0.1) is 36.3 Å². The molecule has 0 atom stereocenters. The summed E-state index contributed by atoms with van der Waals surface area (Å²) in [5, 5.41) is 3.01. The minimum Gasteiger partial charge on any atom is -0.748 e. The van der Waals surface area contributed by atoms with Crippen molar-refractivity contribution in [3.8, 4) is 0 Å². The number of hydrogen-bond donors (Lipinski definition) is 1. The van der Waals surface area contributed by atoms with Crippen molar-refractivity contribution in [1.29, 1.82) is 0 Å². The van der Waals surface area contributed by atoms with Crippen molar-refractivity contribution in [2.45, 2.75) is 54.0 Å². The Labute approximate surface area is 126 Å². The largest absolute Gasteiger partial charge is 0.748 e. The first-order valence-electron chi connectivity index (χ1n) is 7.68. The molecule has 0 saturated carbocycles. The second-order valence-corrected chi connectivity index (χ2v) is 6.85. The van der Waals surface area contributed by atoms with Crippen LogP contribution in [0, 0.1) is 0 Å². The Morgan fingerprint density at radius 1 is 1.00 bits per heavy atom. The molecule has 0 spiro atoms. The van der Waals surface area contributed by atoms with Crippen LogP contribution < -0.4 is 5.32 Å².